The van der Waals surface area contributed by atoms with E-state index >= 15 is 0 Å². The van der Waals surface area contributed by atoms with Crippen LogP contribution in [0.3, 0.4) is 0 Å². The number of allylic oxidation sites excluding steroid dienone is 2. The Morgan fingerprint density at radius 1 is 1.38 bits per heavy atom. The zero-order chi connectivity index (χ0) is 17.9. The number of nitrogens with one attached hydrogen (secondary N) is 1. The number of carboxylic acid groups (broad SMARTS) is 1. The Morgan fingerprint density at radius 3 is 2.67 bits per heavy atom. The Kier molecular flexibility index (Phi) is 5.40. The molecule has 0 spiro atoms. The number of nitro benzene ring substituents is 1. The Hall–Kier alpha value is -2.61. The lowest BCUT2D eigenvalue weighted by Gasteiger charge is -2.29. The lowest BCUT2D eigenvalue weighted by molar-refractivity contribution is -0.384. The highest BCUT2D eigenvalue weighted by molar-refractivity contribution is 6.29. The van der Waals surface area contributed by atoms with Crippen molar-refractivity contribution in [1.82, 2.24) is 0 Å². The second kappa shape index (κ2) is 7.31. The average Bonchev–Trinajstić information content (AvgIpc) is 2.54. The third-order valence-corrected chi connectivity index (χ3v) is 4.09. The summed E-state index contributed by atoms with van der Waals surface area (Å²) >= 11 is 5.91. The van der Waals surface area contributed by atoms with Crippen LogP contribution in [0.25, 0.3) is 0 Å². The lowest BCUT2D eigenvalue weighted by Crippen LogP contribution is -2.42. The minimum Gasteiger partial charge on any atom is -0.550 e. The van der Waals surface area contributed by atoms with Crippen molar-refractivity contribution in [3.8, 4) is 5.75 Å². The predicted molar refractivity (Wildman–Crippen MR) is 83.4 cm³/mol. The molecule has 0 saturated carbocycles. The van der Waals surface area contributed by atoms with Crippen LogP contribution in [0.15, 0.2) is 29.3 Å². The normalized spacial score (nSPS) is 20.0. The Bertz CT molecular complexity index is 718. The van der Waals surface area contributed by atoms with Crippen molar-refractivity contribution in [1.29, 1.82) is 0 Å². The summed E-state index contributed by atoms with van der Waals surface area (Å²) < 4.78 is 5.06. The van der Waals surface area contributed by atoms with E-state index in [4.69, 9.17) is 16.3 Å². The number of anilines is 1. The molecule has 0 heterocycles. The number of nitro groups is 1. The van der Waals surface area contributed by atoms with Crippen molar-refractivity contribution in [2.75, 3.05) is 12.4 Å². The molecule has 0 aliphatic heterocycles. The third-order valence-electron chi connectivity index (χ3n) is 3.79. The van der Waals surface area contributed by atoms with Crippen molar-refractivity contribution in [3.05, 3.63) is 39.4 Å². The van der Waals surface area contributed by atoms with Gasteiger partial charge in [-0.3, -0.25) is 14.9 Å². The molecule has 1 N–H and O–H groups in total. The van der Waals surface area contributed by atoms with Gasteiger partial charge in [0, 0.05) is 29.1 Å². The smallest absolute Gasteiger partial charge is 0.271 e. The van der Waals surface area contributed by atoms with Crippen LogP contribution in [0, 0.1) is 22.0 Å². The molecule has 8 nitrogen and oxygen atoms in total. The number of halogens is 1. The molecule has 1 aromatic carbocycles. The number of amides is 1. The van der Waals surface area contributed by atoms with Gasteiger partial charge in [-0.15, -0.1) is 0 Å². The van der Waals surface area contributed by atoms with E-state index in [0.717, 1.165) is 6.07 Å². The van der Waals surface area contributed by atoms with Crippen LogP contribution in [0.4, 0.5) is 11.4 Å². The van der Waals surface area contributed by atoms with Crippen LogP contribution < -0.4 is 15.2 Å². The van der Waals surface area contributed by atoms with E-state index in [9.17, 15) is 24.8 Å². The maximum absolute atomic E-state index is 12.5. The van der Waals surface area contributed by atoms with Crippen LogP contribution in [0.5, 0.6) is 5.75 Å². The summed E-state index contributed by atoms with van der Waals surface area (Å²) in [5.74, 6) is -3.69. The van der Waals surface area contributed by atoms with E-state index in [2.05, 4.69) is 5.32 Å². The fourth-order valence-electron chi connectivity index (χ4n) is 2.52. The van der Waals surface area contributed by atoms with Crippen molar-refractivity contribution in [3.63, 3.8) is 0 Å². The molecule has 0 radical (unpaired) electrons. The van der Waals surface area contributed by atoms with Gasteiger partial charge in [-0.1, -0.05) is 17.7 Å². The van der Waals surface area contributed by atoms with Gasteiger partial charge in [0.1, 0.15) is 5.75 Å². The summed E-state index contributed by atoms with van der Waals surface area (Å²) in [5.41, 5.74) is -0.149. The molecule has 1 aromatic rings. The number of carbonyl (C=O) groups is 2. The van der Waals surface area contributed by atoms with Crippen molar-refractivity contribution in [2.24, 2.45) is 11.8 Å². The van der Waals surface area contributed by atoms with Gasteiger partial charge in [0.15, 0.2) is 0 Å². The van der Waals surface area contributed by atoms with E-state index in [1.165, 1.54) is 19.2 Å². The SMILES string of the molecule is COc1ccc([N+](=O)[O-])cc1NC(=O)[C@H]1CC(Cl)=CC[C@@H]1C(=O)[O-]. The number of benzene rings is 1. The average molecular weight is 354 g/mol. The van der Waals surface area contributed by atoms with Gasteiger partial charge in [-0.2, -0.15) is 0 Å². The van der Waals surface area contributed by atoms with Crippen LogP contribution >= 0.6 is 11.6 Å². The molecule has 128 valence electrons. The number of non-ortho nitro benzene ring substituents is 1. The fraction of sp³-hybridized carbons (Fsp3) is 0.333. The summed E-state index contributed by atoms with van der Waals surface area (Å²) in [6, 6.07) is 3.72. The monoisotopic (exact) mass is 353 g/mol. The molecule has 0 aromatic heterocycles. The standard InChI is InChI=1S/C15H15ClN2O6/c1-24-13-5-3-9(18(22)23)7-12(13)17-14(19)11-6-8(16)2-4-10(11)15(20)21/h2-3,5,7,10-11H,4,6H2,1H3,(H,17,19)(H,20,21)/p-1/t10-,11-/m0/s1. The minimum atomic E-state index is -1.35. The topological polar surface area (TPSA) is 122 Å². The quantitative estimate of drug-likeness (QED) is 0.631. The Labute approximate surface area is 142 Å². The second-order valence-electron chi connectivity index (χ2n) is 5.25. The van der Waals surface area contributed by atoms with E-state index in [-0.39, 0.29) is 30.0 Å². The minimum absolute atomic E-state index is 0.0588. The maximum atomic E-state index is 12.5. The number of ether oxygens (including phenoxy) is 1. The first-order valence-corrected chi connectivity index (χ1v) is 7.40. The number of methoxy groups -OCH3 is 1. The number of hydrogen-bond acceptors (Lipinski definition) is 6. The van der Waals surface area contributed by atoms with Gasteiger partial charge in [-0.25, -0.2) is 0 Å². The zero-order valence-corrected chi connectivity index (χ0v) is 13.4. The van der Waals surface area contributed by atoms with Gasteiger partial charge in [0.25, 0.3) is 5.69 Å². The van der Waals surface area contributed by atoms with Crippen LogP contribution in [0.1, 0.15) is 12.8 Å². The largest absolute Gasteiger partial charge is 0.550 e. The molecule has 1 aliphatic carbocycles. The molecule has 0 bridgehead atoms. The molecular weight excluding hydrogens is 340 g/mol. The summed E-state index contributed by atoms with van der Waals surface area (Å²) in [7, 11) is 1.35. The molecular formula is C15H14ClN2O6-. The van der Waals surface area contributed by atoms with Gasteiger partial charge in [0.2, 0.25) is 5.91 Å². The predicted octanol–water partition coefficient (Wildman–Crippen LogP) is 1.44. The molecule has 2 atom stereocenters. The summed E-state index contributed by atoms with van der Waals surface area (Å²) in [4.78, 5) is 33.9. The van der Waals surface area contributed by atoms with E-state index in [1.54, 1.807) is 6.08 Å². The highest BCUT2D eigenvalue weighted by atomic mass is 35.5. The van der Waals surface area contributed by atoms with Crippen molar-refractivity contribution < 1.29 is 24.4 Å². The van der Waals surface area contributed by atoms with E-state index < -0.39 is 28.6 Å². The zero-order valence-electron chi connectivity index (χ0n) is 12.7. The van der Waals surface area contributed by atoms with Gasteiger partial charge in [0.05, 0.1) is 23.6 Å². The number of rotatable bonds is 5. The van der Waals surface area contributed by atoms with Gasteiger partial charge >= 0.3 is 0 Å². The maximum Gasteiger partial charge on any atom is 0.271 e. The molecule has 24 heavy (non-hydrogen) atoms. The van der Waals surface area contributed by atoms with Crippen LogP contribution in [-0.4, -0.2) is 23.9 Å². The van der Waals surface area contributed by atoms with E-state index in [0.29, 0.717) is 5.03 Å². The third kappa shape index (κ3) is 3.83. The number of carbonyl (C=O) groups excluding carboxylic acids is 2. The highest BCUT2D eigenvalue weighted by Crippen LogP contribution is 2.34. The number of aliphatic carboxylic acids is 1. The van der Waals surface area contributed by atoms with Gasteiger partial charge < -0.3 is 20.0 Å². The van der Waals surface area contributed by atoms with Crippen LogP contribution in [0.2, 0.25) is 0 Å². The number of nitrogens with zero attached hydrogens (tertiary/aromatic N) is 1. The first-order valence-electron chi connectivity index (χ1n) is 7.02. The highest BCUT2D eigenvalue weighted by Gasteiger charge is 2.32. The van der Waals surface area contributed by atoms with Gasteiger partial charge in [-0.05, 0) is 18.9 Å². The molecule has 1 aliphatic rings. The Balaban J connectivity index is 2.27. The van der Waals surface area contributed by atoms with Crippen LogP contribution in [-0.2, 0) is 9.59 Å². The second-order valence-corrected chi connectivity index (χ2v) is 5.74. The summed E-state index contributed by atoms with van der Waals surface area (Å²) in [6.45, 7) is 0. The fourth-order valence-corrected chi connectivity index (χ4v) is 2.78. The Morgan fingerprint density at radius 2 is 2.08 bits per heavy atom. The lowest BCUT2D eigenvalue weighted by atomic mass is 9.82. The number of hydrogen-bond donors (Lipinski definition) is 1. The molecule has 1 amide bonds. The summed E-state index contributed by atoms with van der Waals surface area (Å²) in [5, 5.41) is 25.0. The molecule has 2 rings (SSSR count). The number of carboxylic acids is 1. The van der Waals surface area contributed by atoms with Crippen molar-refractivity contribution >= 4 is 34.9 Å². The first kappa shape index (κ1) is 17.7. The first-order chi connectivity index (χ1) is 11.3. The summed E-state index contributed by atoms with van der Waals surface area (Å²) in [6.07, 6.45) is 1.69. The molecule has 0 saturated heterocycles. The molecule has 0 unspecified atom stereocenters. The van der Waals surface area contributed by atoms with Crippen molar-refractivity contribution in [2.45, 2.75) is 12.8 Å². The van der Waals surface area contributed by atoms with E-state index in [1.807, 2.05) is 0 Å². The molecule has 9 heteroatoms. The molecule has 0 fully saturated rings.